The molecular weight excluding hydrogens is 298 g/mol. The van der Waals surface area contributed by atoms with E-state index in [-0.39, 0.29) is 16.9 Å². The Morgan fingerprint density at radius 2 is 2.14 bits per heavy atom. The Balaban J connectivity index is 3.48. The molecule has 0 heterocycles. The SMILES string of the molecule is C=S(C)(=O)Nc1cc(N=CN(C)C)c(C#N)c(C(F)F)c1. The number of hydrogen-bond acceptors (Lipinski definition) is 3. The second-order valence-electron chi connectivity index (χ2n) is 4.69. The van der Waals surface area contributed by atoms with Gasteiger partial charge >= 0.3 is 0 Å². The van der Waals surface area contributed by atoms with Crippen molar-refractivity contribution in [3.05, 3.63) is 23.3 Å². The van der Waals surface area contributed by atoms with Crippen LogP contribution in [-0.4, -0.2) is 41.7 Å². The van der Waals surface area contributed by atoms with Gasteiger partial charge in [0.15, 0.2) is 0 Å². The second-order valence-corrected chi connectivity index (χ2v) is 6.90. The summed E-state index contributed by atoms with van der Waals surface area (Å²) in [5, 5.41) is 9.08. The molecule has 1 unspecified atom stereocenters. The quantitative estimate of drug-likeness (QED) is 0.515. The smallest absolute Gasteiger partial charge is 0.265 e. The highest BCUT2D eigenvalue weighted by Crippen LogP contribution is 2.33. The van der Waals surface area contributed by atoms with E-state index in [0.29, 0.717) is 0 Å². The monoisotopic (exact) mass is 314 g/mol. The van der Waals surface area contributed by atoms with Gasteiger partial charge < -0.3 is 9.62 Å². The van der Waals surface area contributed by atoms with Crippen LogP contribution in [-0.2, 0) is 9.71 Å². The number of aliphatic imine (C=N–C) groups is 1. The Hall–Kier alpha value is -2.14. The first-order valence-electron chi connectivity index (χ1n) is 5.81. The van der Waals surface area contributed by atoms with Crippen molar-refractivity contribution in [3.63, 3.8) is 0 Å². The van der Waals surface area contributed by atoms with Gasteiger partial charge in [-0.2, -0.15) is 5.26 Å². The number of halogens is 2. The molecule has 1 rings (SSSR count). The van der Waals surface area contributed by atoms with Gasteiger partial charge in [-0.1, -0.05) is 0 Å². The largest absolute Gasteiger partial charge is 0.369 e. The molecule has 0 bridgehead atoms. The zero-order valence-electron chi connectivity index (χ0n) is 11.9. The fourth-order valence-electron chi connectivity index (χ4n) is 1.53. The van der Waals surface area contributed by atoms with Crippen molar-refractivity contribution < 1.29 is 13.0 Å². The summed E-state index contributed by atoms with van der Waals surface area (Å²) in [6, 6.07) is 4.21. The lowest BCUT2D eigenvalue weighted by molar-refractivity contribution is 0.151. The van der Waals surface area contributed by atoms with Crippen molar-refractivity contribution in [2.45, 2.75) is 6.43 Å². The van der Waals surface area contributed by atoms with Crippen LogP contribution in [0.3, 0.4) is 0 Å². The molecule has 0 aliphatic rings. The maximum absolute atomic E-state index is 13.1. The van der Waals surface area contributed by atoms with Crippen molar-refractivity contribution in [2.75, 3.05) is 25.1 Å². The van der Waals surface area contributed by atoms with Crippen LogP contribution in [0.1, 0.15) is 17.6 Å². The van der Waals surface area contributed by atoms with Crippen LogP contribution < -0.4 is 4.72 Å². The molecule has 8 heteroatoms. The molecule has 1 N–H and O–H groups in total. The first-order chi connectivity index (χ1) is 9.64. The van der Waals surface area contributed by atoms with Crippen LogP contribution in [0.2, 0.25) is 0 Å². The van der Waals surface area contributed by atoms with Crippen LogP contribution in [0.5, 0.6) is 0 Å². The zero-order valence-corrected chi connectivity index (χ0v) is 12.7. The summed E-state index contributed by atoms with van der Waals surface area (Å²) in [7, 11) is 0.790. The van der Waals surface area contributed by atoms with Gasteiger partial charge in [0.25, 0.3) is 6.43 Å². The molecule has 114 valence electrons. The number of nitrogens with zero attached hydrogens (tertiary/aromatic N) is 3. The highest BCUT2D eigenvalue weighted by Gasteiger charge is 2.18. The number of hydrogen-bond donors (Lipinski definition) is 1. The third kappa shape index (κ3) is 5.04. The molecule has 1 aromatic rings. The standard InChI is InChI=1S/C13H16F2N4OS/c1-19(2)8-17-12-6-9(18-21(3,4)20)5-10(13(14)15)11(12)7-16/h5-6,8,13H,3H2,1-2,4H3,(H,18,20). The van der Waals surface area contributed by atoms with E-state index in [4.69, 9.17) is 5.26 Å². The van der Waals surface area contributed by atoms with E-state index in [1.165, 1.54) is 18.7 Å². The fourth-order valence-corrected chi connectivity index (χ4v) is 2.15. The molecule has 0 aliphatic heterocycles. The van der Waals surface area contributed by atoms with E-state index in [1.807, 2.05) is 0 Å². The predicted molar refractivity (Wildman–Crippen MR) is 82.8 cm³/mol. The summed E-state index contributed by atoms with van der Waals surface area (Å²) in [5.74, 6) is 3.40. The number of nitrogens with one attached hydrogen (secondary N) is 1. The number of alkyl halides is 2. The Bertz CT molecular complexity index is 691. The van der Waals surface area contributed by atoms with Crippen LogP contribution in [0.4, 0.5) is 20.2 Å². The third-order valence-electron chi connectivity index (χ3n) is 2.26. The molecule has 0 spiro atoms. The van der Waals surface area contributed by atoms with Gasteiger partial charge in [-0.25, -0.2) is 18.0 Å². The minimum absolute atomic E-state index is 0.0788. The Kier molecular flexibility index (Phi) is 5.27. The lowest BCUT2D eigenvalue weighted by Gasteiger charge is -2.13. The van der Waals surface area contributed by atoms with Crippen LogP contribution >= 0.6 is 0 Å². The lowest BCUT2D eigenvalue weighted by Crippen LogP contribution is -2.10. The summed E-state index contributed by atoms with van der Waals surface area (Å²) >= 11 is 0. The summed E-state index contributed by atoms with van der Waals surface area (Å²) in [4.78, 5) is 5.61. The van der Waals surface area contributed by atoms with Gasteiger partial charge in [0.2, 0.25) is 0 Å². The van der Waals surface area contributed by atoms with Gasteiger partial charge in [-0.3, -0.25) is 0 Å². The van der Waals surface area contributed by atoms with Crippen LogP contribution in [0, 0.1) is 11.3 Å². The molecule has 5 nitrogen and oxygen atoms in total. The molecule has 0 aromatic heterocycles. The van der Waals surface area contributed by atoms with Crippen LogP contribution in [0.25, 0.3) is 0 Å². The molecule has 0 saturated heterocycles. The Labute approximate surface area is 123 Å². The minimum Gasteiger partial charge on any atom is -0.369 e. The normalized spacial score (nSPS) is 14.0. The molecule has 1 aromatic carbocycles. The summed E-state index contributed by atoms with van der Waals surface area (Å²) < 4.78 is 40.3. The average molecular weight is 314 g/mol. The molecule has 0 fully saturated rings. The summed E-state index contributed by atoms with van der Waals surface area (Å²) in [5.41, 5.74) is -0.412. The maximum Gasteiger partial charge on any atom is 0.265 e. The zero-order chi connectivity index (χ0) is 16.2. The van der Waals surface area contributed by atoms with Crippen LogP contribution in [0.15, 0.2) is 17.1 Å². The molecule has 0 radical (unpaired) electrons. The summed E-state index contributed by atoms with van der Waals surface area (Å²) in [6.07, 6.45) is -0.106. The molecule has 1 atom stereocenters. The number of rotatable bonds is 5. The van der Waals surface area contributed by atoms with E-state index in [9.17, 15) is 13.0 Å². The Morgan fingerprint density at radius 3 is 2.57 bits per heavy atom. The fraction of sp³-hybridized carbons (Fsp3) is 0.308. The van der Waals surface area contributed by atoms with Crippen molar-refractivity contribution in [1.29, 1.82) is 5.26 Å². The average Bonchev–Trinajstić information content (AvgIpc) is 2.33. The number of nitriles is 1. The third-order valence-corrected chi connectivity index (χ3v) is 2.92. The number of anilines is 1. The van der Waals surface area contributed by atoms with Crippen molar-refractivity contribution in [1.82, 2.24) is 4.90 Å². The van der Waals surface area contributed by atoms with Gasteiger partial charge in [0.1, 0.15) is 6.07 Å². The first-order valence-corrected chi connectivity index (χ1v) is 7.94. The molecule has 21 heavy (non-hydrogen) atoms. The Morgan fingerprint density at radius 1 is 1.52 bits per heavy atom. The minimum atomic E-state index is -2.84. The molecule has 0 amide bonds. The van der Waals surface area contributed by atoms with Gasteiger partial charge in [-0.05, 0) is 18.0 Å². The lowest BCUT2D eigenvalue weighted by atomic mass is 10.1. The van der Waals surface area contributed by atoms with E-state index < -0.39 is 21.7 Å². The van der Waals surface area contributed by atoms with E-state index in [2.05, 4.69) is 15.6 Å². The van der Waals surface area contributed by atoms with Gasteiger partial charge in [-0.15, -0.1) is 0 Å². The van der Waals surface area contributed by atoms with Gasteiger partial charge in [0, 0.05) is 41.3 Å². The number of benzene rings is 1. The van der Waals surface area contributed by atoms with Gasteiger partial charge in [0.05, 0.1) is 17.6 Å². The van der Waals surface area contributed by atoms with E-state index >= 15 is 0 Å². The summed E-state index contributed by atoms with van der Waals surface area (Å²) in [6.45, 7) is 0. The molecule has 0 saturated carbocycles. The molecule has 0 aliphatic carbocycles. The highest BCUT2D eigenvalue weighted by atomic mass is 32.2. The van der Waals surface area contributed by atoms with E-state index in [1.54, 1.807) is 25.1 Å². The predicted octanol–water partition coefficient (Wildman–Crippen LogP) is 2.39. The van der Waals surface area contributed by atoms with E-state index in [0.717, 1.165) is 6.07 Å². The second kappa shape index (κ2) is 6.54. The maximum atomic E-state index is 13.1. The van der Waals surface area contributed by atoms with Crippen molar-refractivity contribution in [2.24, 2.45) is 4.99 Å². The first kappa shape index (κ1) is 16.9. The van der Waals surface area contributed by atoms with Crippen molar-refractivity contribution in [3.8, 4) is 6.07 Å². The molecular formula is C13H16F2N4OS. The topological polar surface area (TPSA) is 68.5 Å². The van der Waals surface area contributed by atoms with Crippen molar-refractivity contribution >= 4 is 33.3 Å². The highest BCUT2D eigenvalue weighted by molar-refractivity contribution is 8.00.